The number of urea groups is 1. The molecule has 0 spiro atoms. The zero-order valence-corrected chi connectivity index (χ0v) is 10.3. The first-order chi connectivity index (χ1) is 7.48. The molecule has 4 nitrogen and oxygen atoms in total. The molecule has 4 heteroatoms. The van der Waals surface area contributed by atoms with E-state index in [1.807, 2.05) is 25.7 Å². The molecule has 2 fully saturated rings. The summed E-state index contributed by atoms with van der Waals surface area (Å²) in [5, 5.41) is 10.7. The van der Waals surface area contributed by atoms with Gasteiger partial charge >= 0.3 is 6.03 Å². The van der Waals surface area contributed by atoms with E-state index in [1.54, 1.807) is 0 Å². The van der Waals surface area contributed by atoms with Gasteiger partial charge in [-0.15, -0.1) is 0 Å². The van der Waals surface area contributed by atoms with Crippen molar-refractivity contribution in [3.63, 3.8) is 0 Å². The highest BCUT2D eigenvalue weighted by Gasteiger charge is 2.52. The van der Waals surface area contributed by atoms with Crippen LogP contribution in [0.15, 0.2) is 0 Å². The lowest BCUT2D eigenvalue weighted by atomic mass is 9.82. The normalized spacial score (nSPS) is 31.6. The van der Waals surface area contributed by atoms with Crippen LogP contribution in [-0.4, -0.2) is 28.3 Å². The van der Waals surface area contributed by atoms with Crippen molar-refractivity contribution < 1.29 is 4.79 Å². The van der Waals surface area contributed by atoms with E-state index in [0.29, 0.717) is 11.8 Å². The molecule has 1 saturated carbocycles. The van der Waals surface area contributed by atoms with Gasteiger partial charge in [0.1, 0.15) is 11.4 Å². The van der Waals surface area contributed by atoms with Crippen molar-refractivity contribution in [2.24, 2.45) is 5.92 Å². The Morgan fingerprint density at radius 1 is 1.44 bits per heavy atom. The number of nitrogens with one attached hydrogen (secondary N) is 2. The fraction of sp³-hybridized carbons (Fsp3) is 0.833. The van der Waals surface area contributed by atoms with Crippen LogP contribution in [0.5, 0.6) is 0 Å². The molecule has 16 heavy (non-hydrogen) atoms. The average Bonchev–Trinajstić information content (AvgIpc) is 2.74. The van der Waals surface area contributed by atoms with Crippen LogP contribution >= 0.6 is 0 Å². The maximum atomic E-state index is 11.9. The molecule has 1 atom stereocenters. The summed E-state index contributed by atoms with van der Waals surface area (Å²) in [7, 11) is 0. The molecule has 2 amide bonds. The minimum Gasteiger partial charge on any atom is -0.309 e. The number of carbonyl (C=O) groups excluding carboxylic acids is 1. The molecule has 2 N–H and O–H groups in total. The van der Waals surface area contributed by atoms with Crippen LogP contribution < -0.4 is 5.32 Å². The van der Waals surface area contributed by atoms with E-state index in [1.165, 1.54) is 12.8 Å². The summed E-state index contributed by atoms with van der Waals surface area (Å²) >= 11 is 0. The number of hydrogen-bond acceptors (Lipinski definition) is 2. The molecule has 1 unspecified atom stereocenters. The molecule has 0 radical (unpaired) electrons. The molecule has 1 aliphatic heterocycles. The van der Waals surface area contributed by atoms with Crippen LogP contribution in [0.2, 0.25) is 0 Å². The molecule has 0 aromatic heterocycles. The number of carbonyl (C=O) groups is 1. The van der Waals surface area contributed by atoms with E-state index < -0.39 is 5.54 Å². The summed E-state index contributed by atoms with van der Waals surface area (Å²) in [5.41, 5.74) is -0.401. The topological polar surface area (TPSA) is 56.2 Å². The molecule has 1 aliphatic carbocycles. The van der Waals surface area contributed by atoms with Crippen molar-refractivity contribution in [1.82, 2.24) is 10.2 Å². The standard InChI is InChI=1S/C12H21N3O/c1-8(2)15-11(16)14-10(13)12(15,3)9-6-4-5-7-9/h8-9H,4-7H2,1-3H3,(H2,13,14,16). The summed E-state index contributed by atoms with van der Waals surface area (Å²) in [5.74, 6) is 0.833. The predicted molar refractivity (Wildman–Crippen MR) is 63.6 cm³/mol. The molecule has 1 heterocycles. The summed E-state index contributed by atoms with van der Waals surface area (Å²) in [4.78, 5) is 13.7. The average molecular weight is 223 g/mol. The van der Waals surface area contributed by atoms with E-state index in [4.69, 9.17) is 5.41 Å². The van der Waals surface area contributed by atoms with Gasteiger partial charge in [0.05, 0.1) is 0 Å². The Balaban J connectivity index is 2.34. The first kappa shape index (κ1) is 11.4. The van der Waals surface area contributed by atoms with Gasteiger partial charge in [-0.1, -0.05) is 12.8 Å². The molecular formula is C12H21N3O. The van der Waals surface area contributed by atoms with Gasteiger partial charge in [0.2, 0.25) is 0 Å². The van der Waals surface area contributed by atoms with Gasteiger partial charge in [0, 0.05) is 6.04 Å². The zero-order chi connectivity index (χ0) is 11.9. The highest BCUT2D eigenvalue weighted by Crippen LogP contribution is 2.41. The van der Waals surface area contributed by atoms with Gasteiger partial charge in [-0.25, -0.2) is 4.79 Å². The molecule has 0 bridgehead atoms. The van der Waals surface area contributed by atoms with Crippen LogP contribution in [0.4, 0.5) is 4.79 Å². The minimum atomic E-state index is -0.401. The fourth-order valence-electron chi connectivity index (χ4n) is 3.28. The van der Waals surface area contributed by atoms with Crippen LogP contribution in [0.3, 0.4) is 0 Å². The molecule has 0 aromatic rings. The van der Waals surface area contributed by atoms with Gasteiger partial charge in [0.15, 0.2) is 0 Å². The van der Waals surface area contributed by atoms with Crippen molar-refractivity contribution in [3.8, 4) is 0 Å². The third-order valence-corrected chi connectivity index (χ3v) is 4.12. The van der Waals surface area contributed by atoms with Crippen molar-refractivity contribution in [1.29, 1.82) is 5.41 Å². The van der Waals surface area contributed by atoms with Crippen molar-refractivity contribution >= 4 is 11.9 Å². The zero-order valence-electron chi connectivity index (χ0n) is 10.3. The Labute approximate surface area is 96.9 Å². The number of nitrogens with zero attached hydrogens (tertiary/aromatic N) is 1. The maximum absolute atomic E-state index is 11.9. The monoisotopic (exact) mass is 223 g/mol. The lowest BCUT2D eigenvalue weighted by Gasteiger charge is -2.40. The lowest BCUT2D eigenvalue weighted by molar-refractivity contribution is 0.121. The summed E-state index contributed by atoms with van der Waals surface area (Å²) in [6, 6.07) is 0.0443. The largest absolute Gasteiger partial charge is 0.323 e. The van der Waals surface area contributed by atoms with E-state index in [9.17, 15) is 4.79 Å². The first-order valence-corrected chi connectivity index (χ1v) is 6.17. The van der Waals surface area contributed by atoms with Gasteiger partial charge in [-0.3, -0.25) is 10.7 Å². The number of amidine groups is 1. The van der Waals surface area contributed by atoms with Gasteiger partial charge in [0.25, 0.3) is 0 Å². The van der Waals surface area contributed by atoms with Gasteiger partial charge in [-0.2, -0.15) is 0 Å². The summed E-state index contributed by atoms with van der Waals surface area (Å²) < 4.78 is 0. The van der Waals surface area contributed by atoms with Crippen molar-refractivity contribution in [2.75, 3.05) is 0 Å². The molecule has 2 rings (SSSR count). The third-order valence-electron chi connectivity index (χ3n) is 4.12. The number of hydrogen-bond donors (Lipinski definition) is 2. The number of amides is 2. The second-order valence-electron chi connectivity index (χ2n) is 5.40. The molecule has 1 saturated heterocycles. The molecule has 2 aliphatic rings. The number of rotatable bonds is 2. The van der Waals surface area contributed by atoms with E-state index >= 15 is 0 Å². The Bertz CT molecular complexity index is 320. The Morgan fingerprint density at radius 2 is 2.00 bits per heavy atom. The van der Waals surface area contributed by atoms with Crippen LogP contribution in [-0.2, 0) is 0 Å². The molecule has 0 aromatic carbocycles. The van der Waals surface area contributed by atoms with Crippen LogP contribution in [0.25, 0.3) is 0 Å². The first-order valence-electron chi connectivity index (χ1n) is 6.17. The molecule has 90 valence electrons. The van der Waals surface area contributed by atoms with Crippen LogP contribution in [0.1, 0.15) is 46.5 Å². The fourth-order valence-corrected chi connectivity index (χ4v) is 3.28. The summed E-state index contributed by atoms with van der Waals surface area (Å²) in [6.45, 7) is 6.08. The quantitative estimate of drug-likeness (QED) is 0.741. The highest BCUT2D eigenvalue weighted by atomic mass is 16.2. The second-order valence-corrected chi connectivity index (χ2v) is 5.40. The van der Waals surface area contributed by atoms with E-state index in [-0.39, 0.29) is 12.1 Å². The summed E-state index contributed by atoms with van der Waals surface area (Å²) in [6.07, 6.45) is 4.73. The highest BCUT2D eigenvalue weighted by molar-refractivity contribution is 6.08. The maximum Gasteiger partial charge on any atom is 0.323 e. The minimum absolute atomic E-state index is 0.102. The second kappa shape index (κ2) is 3.75. The van der Waals surface area contributed by atoms with E-state index in [2.05, 4.69) is 5.32 Å². The smallest absolute Gasteiger partial charge is 0.309 e. The van der Waals surface area contributed by atoms with Crippen molar-refractivity contribution in [3.05, 3.63) is 0 Å². The third kappa shape index (κ3) is 1.43. The van der Waals surface area contributed by atoms with Crippen LogP contribution in [0, 0.1) is 11.3 Å². The van der Waals surface area contributed by atoms with Crippen molar-refractivity contribution in [2.45, 2.75) is 58.0 Å². The Hall–Kier alpha value is -1.06. The van der Waals surface area contributed by atoms with Gasteiger partial charge in [-0.05, 0) is 39.5 Å². The van der Waals surface area contributed by atoms with Gasteiger partial charge < -0.3 is 4.90 Å². The SMILES string of the molecule is CC(C)N1C(=O)NC(=N)C1(C)C1CCCC1. The van der Waals surface area contributed by atoms with E-state index in [0.717, 1.165) is 12.8 Å². The molecular weight excluding hydrogens is 202 g/mol. The lowest BCUT2D eigenvalue weighted by Crippen LogP contribution is -2.54. The Morgan fingerprint density at radius 3 is 2.50 bits per heavy atom. The Kier molecular flexibility index (Phi) is 2.68. The predicted octanol–water partition coefficient (Wildman–Crippen LogP) is 2.35.